The van der Waals surface area contributed by atoms with E-state index in [2.05, 4.69) is 28.8 Å². The molecule has 2 atom stereocenters. The molecule has 0 aliphatic carbocycles. The van der Waals surface area contributed by atoms with E-state index in [4.69, 9.17) is 0 Å². The lowest BCUT2D eigenvalue weighted by atomic mass is 9.87. The van der Waals surface area contributed by atoms with Gasteiger partial charge in [0.05, 0.1) is 6.10 Å². The first kappa shape index (κ1) is 13.5. The molecule has 102 valence electrons. The first-order chi connectivity index (χ1) is 8.58. The van der Waals surface area contributed by atoms with Crippen LogP contribution in [0.1, 0.15) is 38.9 Å². The van der Waals surface area contributed by atoms with Gasteiger partial charge in [-0.05, 0) is 39.3 Å². The van der Waals surface area contributed by atoms with Crippen molar-refractivity contribution in [1.29, 1.82) is 0 Å². The van der Waals surface area contributed by atoms with Crippen LogP contribution in [-0.2, 0) is 13.5 Å². The van der Waals surface area contributed by atoms with Gasteiger partial charge in [-0.2, -0.15) is 5.10 Å². The molecular formula is C13H24N4O. The van der Waals surface area contributed by atoms with Gasteiger partial charge in [-0.3, -0.25) is 9.58 Å². The Balaban J connectivity index is 2.09. The van der Waals surface area contributed by atoms with E-state index in [-0.39, 0.29) is 5.54 Å². The minimum absolute atomic E-state index is 0.150. The molecule has 0 radical (unpaired) electrons. The van der Waals surface area contributed by atoms with E-state index >= 15 is 0 Å². The quantitative estimate of drug-likeness (QED) is 0.849. The van der Waals surface area contributed by atoms with Crippen molar-refractivity contribution in [3.63, 3.8) is 0 Å². The highest BCUT2D eigenvalue weighted by molar-refractivity contribution is 4.99. The van der Waals surface area contributed by atoms with E-state index in [1.165, 1.54) is 12.8 Å². The average Bonchev–Trinajstić information content (AvgIpc) is 3.01. The summed E-state index contributed by atoms with van der Waals surface area (Å²) < 4.78 is 1.74. The highest BCUT2D eigenvalue weighted by Gasteiger charge is 2.38. The summed E-state index contributed by atoms with van der Waals surface area (Å²) in [4.78, 5) is 6.63. The van der Waals surface area contributed by atoms with E-state index in [9.17, 15) is 5.11 Å². The molecule has 18 heavy (non-hydrogen) atoms. The Hall–Kier alpha value is -0.940. The summed E-state index contributed by atoms with van der Waals surface area (Å²) in [5.41, 5.74) is -0.150. The third kappa shape index (κ3) is 2.42. The van der Waals surface area contributed by atoms with Crippen molar-refractivity contribution < 1.29 is 5.11 Å². The van der Waals surface area contributed by atoms with Crippen molar-refractivity contribution in [1.82, 2.24) is 19.7 Å². The summed E-state index contributed by atoms with van der Waals surface area (Å²) in [5, 5.41) is 14.7. The van der Waals surface area contributed by atoms with Gasteiger partial charge in [0.15, 0.2) is 0 Å². The van der Waals surface area contributed by atoms with E-state index in [0.717, 1.165) is 25.3 Å². The van der Waals surface area contributed by atoms with Crippen molar-refractivity contribution >= 4 is 0 Å². The van der Waals surface area contributed by atoms with Gasteiger partial charge in [-0.25, -0.2) is 4.98 Å². The summed E-state index contributed by atoms with van der Waals surface area (Å²) in [5.74, 6) is 0.848. The molecule has 1 aliphatic rings. The number of aliphatic hydroxyl groups excluding tert-OH is 1. The van der Waals surface area contributed by atoms with Crippen molar-refractivity contribution in [2.24, 2.45) is 7.05 Å². The first-order valence-corrected chi connectivity index (χ1v) is 6.84. The van der Waals surface area contributed by atoms with Crippen LogP contribution in [0, 0.1) is 0 Å². The fourth-order valence-corrected chi connectivity index (χ4v) is 2.80. The zero-order valence-electron chi connectivity index (χ0n) is 11.6. The molecule has 0 saturated carbocycles. The minimum Gasteiger partial charge on any atom is -0.391 e. The van der Waals surface area contributed by atoms with Gasteiger partial charge in [-0.1, -0.05) is 6.92 Å². The molecule has 2 rings (SSSR count). The molecule has 0 aromatic carbocycles. The number of hydrogen-bond donors (Lipinski definition) is 1. The second-order valence-electron chi connectivity index (χ2n) is 5.42. The average molecular weight is 252 g/mol. The normalized spacial score (nSPS) is 22.0. The van der Waals surface area contributed by atoms with Crippen LogP contribution in [0.4, 0.5) is 0 Å². The van der Waals surface area contributed by atoms with Crippen molar-refractivity contribution in [3.05, 3.63) is 12.2 Å². The lowest BCUT2D eigenvalue weighted by Gasteiger charge is -2.42. The number of aliphatic hydroxyl groups is 1. The summed E-state index contributed by atoms with van der Waals surface area (Å²) >= 11 is 0. The molecule has 1 saturated heterocycles. The molecule has 5 heteroatoms. The molecule has 1 fully saturated rings. The highest BCUT2D eigenvalue weighted by atomic mass is 16.3. The topological polar surface area (TPSA) is 54.2 Å². The van der Waals surface area contributed by atoms with Crippen LogP contribution in [0.5, 0.6) is 0 Å². The monoisotopic (exact) mass is 252 g/mol. The number of likely N-dealkylation sites (tertiary alicyclic amines) is 1. The van der Waals surface area contributed by atoms with Crippen LogP contribution in [0.25, 0.3) is 0 Å². The molecule has 0 spiro atoms. The third-order valence-electron chi connectivity index (χ3n) is 4.44. The maximum atomic E-state index is 10.6. The number of hydrogen-bond acceptors (Lipinski definition) is 4. The van der Waals surface area contributed by atoms with Gasteiger partial charge in [0.2, 0.25) is 0 Å². The Morgan fingerprint density at radius 2 is 2.11 bits per heavy atom. The summed E-state index contributed by atoms with van der Waals surface area (Å²) in [7, 11) is 1.87. The Morgan fingerprint density at radius 3 is 2.61 bits per heavy atom. The van der Waals surface area contributed by atoms with Crippen molar-refractivity contribution in [2.45, 2.75) is 51.2 Å². The van der Waals surface area contributed by atoms with Gasteiger partial charge in [0.25, 0.3) is 0 Å². The van der Waals surface area contributed by atoms with Crippen LogP contribution >= 0.6 is 0 Å². The molecule has 1 aliphatic heterocycles. The lowest BCUT2D eigenvalue weighted by molar-refractivity contribution is -0.0131. The Morgan fingerprint density at radius 1 is 1.44 bits per heavy atom. The van der Waals surface area contributed by atoms with Crippen LogP contribution in [0.15, 0.2) is 6.33 Å². The van der Waals surface area contributed by atoms with E-state index in [0.29, 0.717) is 6.42 Å². The summed E-state index contributed by atoms with van der Waals surface area (Å²) in [6, 6.07) is 0. The molecular weight excluding hydrogens is 228 g/mol. The highest BCUT2D eigenvalue weighted by Crippen LogP contribution is 2.29. The van der Waals surface area contributed by atoms with Crippen molar-refractivity contribution in [2.75, 3.05) is 13.1 Å². The molecule has 1 aromatic heterocycles. The van der Waals surface area contributed by atoms with E-state index < -0.39 is 6.10 Å². The van der Waals surface area contributed by atoms with Crippen LogP contribution in [-0.4, -0.2) is 49.5 Å². The zero-order chi connectivity index (χ0) is 13.2. The zero-order valence-corrected chi connectivity index (χ0v) is 11.6. The minimum atomic E-state index is -0.400. The van der Waals surface area contributed by atoms with Gasteiger partial charge in [0.1, 0.15) is 12.2 Å². The fourth-order valence-electron chi connectivity index (χ4n) is 2.80. The van der Waals surface area contributed by atoms with Gasteiger partial charge < -0.3 is 5.11 Å². The number of aryl methyl sites for hydroxylation is 1. The van der Waals surface area contributed by atoms with Gasteiger partial charge >= 0.3 is 0 Å². The second kappa shape index (κ2) is 5.36. The maximum absolute atomic E-state index is 10.6. The lowest BCUT2D eigenvalue weighted by Crippen LogP contribution is -2.54. The Kier molecular flexibility index (Phi) is 4.02. The smallest absolute Gasteiger partial charge is 0.138 e. The first-order valence-electron chi connectivity index (χ1n) is 6.84. The summed E-state index contributed by atoms with van der Waals surface area (Å²) in [6.07, 6.45) is 5.15. The molecule has 5 nitrogen and oxygen atoms in total. The summed E-state index contributed by atoms with van der Waals surface area (Å²) in [6.45, 7) is 6.51. The van der Waals surface area contributed by atoms with E-state index in [1.54, 1.807) is 11.0 Å². The number of aromatic nitrogens is 3. The second-order valence-corrected chi connectivity index (χ2v) is 5.42. The van der Waals surface area contributed by atoms with Crippen molar-refractivity contribution in [3.8, 4) is 0 Å². The predicted molar refractivity (Wildman–Crippen MR) is 70.2 cm³/mol. The molecule has 0 amide bonds. The Bertz CT molecular complexity index is 386. The van der Waals surface area contributed by atoms with Gasteiger partial charge in [-0.15, -0.1) is 0 Å². The third-order valence-corrected chi connectivity index (χ3v) is 4.44. The largest absolute Gasteiger partial charge is 0.391 e. The standard InChI is InChI=1S/C13H24N4O/c1-4-13(2,17-7-5-6-8-17)11(18)9-12-14-10-15-16(12)3/h10-11,18H,4-9H2,1-3H3. The van der Waals surface area contributed by atoms with Crippen LogP contribution < -0.4 is 0 Å². The molecule has 2 heterocycles. The van der Waals surface area contributed by atoms with Crippen LogP contribution in [0.3, 0.4) is 0 Å². The SMILES string of the molecule is CCC(C)(C(O)Cc1ncnn1C)N1CCCC1. The molecule has 1 aromatic rings. The fraction of sp³-hybridized carbons (Fsp3) is 0.846. The molecule has 0 bridgehead atoms. The van der Waals surface area contributed by atoms with Crippen LogP contribution in [0.2, 0.25) is 0 Å². The molecule has 2 unspecified atom stereocenters. The van der Waals surface area contributed by atoms with E-state index in [1.807, 2.05) is 7.05 Å². The molecule has 1 N–H and O–H groups in total. The predicted octanol–water partition coefficient (Wildman–Crippen LogP) is 0.983. The number of rotatable bonds is 5. The van der Waals surface area contributed by atoms with Gasteiger partial charge in [0, 0.05) is 19.0 Å². The number of nitrogens with zero attached hydrogens (tertiary/aromatic N) is 4. The maximum Gasteiger partial charge on any atom is 0.138 e. The Labute approximate surface area is 109 Å².